The van der Waals surface area contributed by atoms with E-state index in [-0.39, 0.29) is 36.7 Å². The van der Waals surface area contributed by atoms with E-state index < -0.39 is 10.8 Å². The van der Waals surface area contributed by atoms with Gasteiger partial charge in [-0.3, -0.25) is 14.4 Å². The Labute approximate surface area is 250 Å². The second kappa shape index (κ2) is 14.4. The summed E-state index contributed by atoms with van der Waals surface area (Å²) in [5.41, 5.74) is 0.505. The highest BCUT2D eigenvalue weighted by molar-refractivity contribution is 6.07. The number of rotatable bonds is 12. The van der Waals surface area contributed by atoms with E-state index in [1.54, 1.807) is 78.0 Å². The van der Waals surface area contributed by atoms with Crippen LogP contribution in [0.5, 0.6) is 17.2 Å². The molecular formula is C34H46O8. The first-order valence-electron chi connectivity index (χ1n) is 14.2. The molecule has 0 spiro atoms. The highest BCUT2D eigenvalue weighted by Gasteiger charge is 2.25. The molecule has 0 aliphatic heterocycles. The van der Waals surface area contributed by atoms with Gasteiger partial charge in [0.05, 0.1) is 17.4 Å². The summed E-state index contributed by atoms with van der Waals surface area (Å²) in [6.45, 7) is 18.9. The Hall–Kier alpha value is -3.81. The Morgan fingerprint density at radius 1 is 0.714 bits per heavy atom. The molecule has 2 aromatic rings. The van der Waals surface area contributed by atoms with Gasteiger partial charge in [0.2, 0.25) is 13.6 Å². The topological polar surface area (TPSA) is 97.4 Å². The third-order valence-corrected chi connectivity index (χ3v) is 5.98. The molecule has 0 radical (unpaired) electrons. The third-order valence-electron chi connectivity index (χ3n) is 5.98. The molecule has 0 unspecified atom stereocenters. The minimum atomic E-state index is -0.638. The number of ketones is 1. The van der Waals surface area contributed by atoms with Crippen LogP contribution in [0.15, 0.2) is 42.5 Å². The van der Waals surface area contributed by atoms with Crippen LogP contribution < -0.4 is 14.2 Å². The van der Waals surface area contributed by atoms with E-state index in [2.05, 4.69) is 20.8 Å². The summed E-state index contributed by atoms with van der Waals surface area (Å²) in [6, 6.07) is 10.3. The highest BCUT2D eigenvalue weighted by Crippen LogP contribution is 2.38. The van der Waals surface area contributed by atoms with Crippen LogP contribution in [0, 0.1) is 10.8 Å². The fourth-order valence-electron chi connectivity index (χ4n) is 3.46. The van der Waals surface area contributed by atoms with Crippen molar-refractivity contribution in [1.82, 2.24) is 0 Å². The molecule has 0 N–H and O–H groups in total. The van der Waals surface area contributed by atoms with Crippen LogP contribution in [-0.4, -0.2) is 37.9 Å². The van der Waals surface area contributed by atoms with Gasteiger partial charge in [-0.1, -0.05) is 27.7 Å². The largest absolute Gasteiger partial charge is 0.493 e. The lowest BCUT2D eigenvalue weighted by Crippen LogP contribution is -2.25. The molecule has 230 valence electrons. The normalized spacial score (nSPS) is 12.1. The average molecular weight is 583 g/mol. The molecule has 0 saturated carbocycles. The number of carbonyl (C=O) groups is 3. The molecular weight excluding hydrogens is 536 g/mol. The Morgan fingerprint density at radius 3 is 1.76 bits per heavy atom. The van der Waals surface area contributed by atoms with E-state index >= 15 is 0 Å². The average Bonchev–Trinajstić information content (AvgIpc) is 2.89. The maximum atomic E-state index is 13.0. The summed E-state index contributed by atoms with van der Waals surface area (Å²) >= 11 is 0. The predicted molar refractivity (Wildman–Crippen MR) is 163 cm³/mol. The zero-order chi connectivity index (χ0) is 31.7. The number of ether oxygens (including phenoxy) is 5. The summed E-state index contributed by atoms with van der Waals surface area (Å²) in [4.78, 5) is 37.1. The van der Waals surface area contributed by atoms with Gasteiger partial charge in [0.1, 0.15) is 17.2 Å². The van der Waals surface area contributed by atoms with Gasteiger partial charge < -0.3 is 23.7 Å². The van der Waals surface area contributed by atoms with Gasteiger partial charge in [-0.05, 0) is 95.9 Å². The van der Waals surface area contributed by atoms with E-state index in [9.17, 15) is 14.4 Å². The fourth-order valence-corrected chi connectivity index (χ4v) is 3.46. The van der Waals surface area contributed by atoms with Gasteiger partial charge in [-0.25, -0.2) is 0 Å². The molecule has 2 rings (SSSR count). The highest BCUT2D eigenvalue weighted by atomic mass is 16.7. The van der Waals surface area contributed by atoms with Crippen molar-refractivity contribution in [3.63, 3.8) is 0 Å². The maximum absolute atomic E-state index is 13.0. The smallest absolute Gasteiger partial charge is 0.314 e. The number of benzene rings is 2. The molecule has 2 aromatic carbocycles. The molecule has 0 aliphatic rings. The molecule has 0 aliphatic carbocycles. The molecule has 0 fully saturated rings. The molecule has 0 aromatic heterocycles. The molecule has 0 saturated heterocycles. The zero-order valence-electron chi connectivity index (χ0n) is 26.7. The van der Waals surface area contributed by atoms with E-state index in [1.165, 1.54) is 6.08 Å². The van der Waals surface area contributed by atoms with Gasteiger partial charge >= 0.3 is 11.9 Å². The molecule has 0 heterocycles. The van der Waals surface area contributed by atoms with Gasteiger partial charge in [0, 0.05) is 22.8 Å². The van der Waals surface area contributed by atoms with Gasteiger partial charge in [0.15, 0.2) is 5.78 Å². The van der Waals surface area contributed by atoms with E-state index in [0.29, 0.717) is 29.4 Å². The molecule has 0 bridgehead atoms. The number of hydrogen-bond acceptors (Lipinski definition) is 8. The van der Waals surface area contributed by atoms with Crippen molar-refractivity contribution < 1.29 is 38.1 Å². The number of esters is 2. The minimum absolute atomic E-state index is 0.200. The van der Waals surface area contributed by atoms with Crippen LogP contribution in [-0.2, 0) is 24.5 Å². The number of carbonyl (C=O) groups excluding carboxylic acids is 3. The van der Waals surface area contributed by atoms with E-state index in [4.69, 9.17) is 23.7 Å². The lowest BCUT2D eigenvalue weighted by Gasteiger charge is -2.25. The van der Waals surface area contributed by atoms with Gasteiger partial charge in [-0.15, -0.1) is 0 Å². The quantitative estimate of drug-likeness (QED) is 0.110. The van der Waals surface area contributed by atoms with Crippen LogP contribution in [0.1, 0.15) is 97.1 Å². The summed E-state index contributed by atoms with van der Waals surface area (Å²) in [7, 11) is 0. The maximum Gasteiger partial charge on any atom is 0.314 e. The molecule has 42 heavy (non-hydrogen) atoms. The first kappa shape index (κ1) is 34.4. The Bertz CT molecular complexity index is 1250. The van der Waals surface area contributed by atoms with Crippen LogP contribution >= 0.6 is 0 Å². The Morgan fingerprint density at radius 2 is 1.26 bits per heavy atom. The minimum Gasteiger partial charge on any atom is -0.493 e. The third kappa shape index (κ3) is 10.5. The van der Waals surface area contributed by atoms with Gasteiger partial charge in [-0.2, -0.15) is 0 Å². The summed E-state index contributed by atoms with van der Waals surface area (Å²) in [6.07, 6.45) is 4.02. The van der Waals surface area contributed by atoms with Crippen molar-refractivity contribution in [1.29, 1.82) is 0 Å². The molecule has 8 nitrogen and oxygen atoms in total. The second-order valence-corrected chi connectivity index (χ2v) is 13.1. The second-order valence-electron chi connectivity index (χ2n) is 13.1. The van der Waals surface area contributed by atoms with Gasteiger partial charge in [0.25, 0.3) is 0 Å². The fraction of sp³-hybridized carbons (Fsp3) is 0.500. The molecule has 0 atom stereocenters. The van der Waals surface area contributed by atoms with Crippen molar-refractivity contribution in [2.24, 2.45) is 10.8 Å². The Balaban J connectivity index is 2.23. The van der Waals surface area contributed by atoms with Crippen molar-refractivity contribution in [2.45, 2.75) is 81.1 Å². The molecule has 8 heteroatoms. The first-order chi connectivity index (χ1) is 19.4. The summed E-state index contributed by atoms with van der Waals surface area (Å²) in [5.74, 6) is 0.658. The van der Waals surface area contributed by atoms with Crippen LogP contribution in [0.2, 0.25) is 0 Å². The number of allylic oxidation sites excluding steroid dienone is 1. The standard InChI is InChI=1S/C34H46O8/c1-11-18-38-28-20-29(40-22-42-31(37)34(8,9)10)26(32(2,3)4)19-24(28)14-17-27(35)23-12-15-25(16-13-23)39-21-41-30(36)33(5,6)7/h12-17,19-20H,11,18,21-22H2,1-10H3/b17-14+. The van der Waals surface area contributed by atoms with E-state index in [1.807, 2.05) is 13.0 Å². The summed E-state index contributed by atoms with van der Waals surface area (Å²) < 4.78 is 27.8. The number of hydrogen-bond donors (Lipinski definition) is 0. The predicted octanol–water partition coefficient (Wildman–Crippen LogP) is 7.52. The van der Waals surface area contributed by atoms with Crippen molar-refractivity contribution >= 4 is 23.8 Å². The van der Waals surface area contributed by atoms with Crippen molar-refractivity contribution in [2.75, 3.05) is 20.2 Å². The SMILES string of the molecule is CCCOc1cc(OCOC(=O)C(C)(C)C)c(C(C)(C)C)cc1/C=C/C(=O)c1ccc(OCOC(=O)C(C)(C)C)cc1. The van der Waals surface area contributed by atoms with E-state index in [0.717, 1.165) is 17.5 Å². The monoisotopic (exact) mass is 582 g/mol. The molecule has 0 amide bonds. The lowest BCUT2D eigenvalue weighted by molar-refractivity contribution is -0.160. The first-order valence-corrected chi connectivity index (χ1v) is 14.2. The van der Waals surface area contributed by atoms with Crippen molar-refractivity contribution in [3.05, 3.63) is 59.2 Å². The summed E-state index contributed by atoms with van der Waals surface area (Å²) in [5, 5.41) is 0. The van der Waals surface area contributed by atoms with Crippen LogP contribution in [0.25, 0.3) is 6.08 Å². The van der Waals surface area contributed by atoms with Crippen LogP contribution in [0.4, 0.5) is 0 Å². The van der Waals surface area contributed by atoms with Crippen LogP contribution in [0.3, 0.4) is 0 Å². The zero-order valence-corrected chi connectivity index (χ0v) is 26.7. The Kier molecular flexibility index (Phi) is 11.8. The lowest BCUT2D eigenvalue weighted by atomic mass is 9.85. The van der Waals surface area contributed by atoms with Crippen molar-refractivity contribution in [3.8, 4) is 17.2 Å².